The van der Waals surface area contributed by atoms with Crippen molar-refractivity contribution in [1.82, 2.24) is 19.7 Å². The molecular weight excluding hydrogens is 353 g/mol. The van der Waals surface area contributed by atoms with Crippen LogP contribution in [0.2, 0.25) is 0 Å². The monoisotopic (exact) mass is 372 g/mol. The Bertz CT molecular complexity index is 754. The molecule has 2 N–H and O–H groups in total. The highest BCUT2D eigenvalue weighted by atomic mass is 32.2. The van der Waals surface area contributed by atoms with Crippen molar-refractivity contribution < 1.29 is 13.2 Å². The normalized spacial score (nSPS) is 20.2. The fourth-order valence-corrected chi connectivity index (χ4v) is 3.63. The zero-order chi connectivity index (χ0) is 18.2. The Morgan fingerprint density at radius 2 is 2.00 bits per heavy atom. The molecule has 2 aromatic rings. The number of nitrogens with one attached hydrogen (secondary N) is 2. The van der Waals surface area contributed by atoms with Gasteiger partial charge in [0.05, 0.1) is 23.6 Å². The van der Waals surface area contributed by atoms with Crippen LogP contribution < -0.4 is 10.6 Å². The Morgan fingerprint density at radius 1 is 1.28 bits per heavy atom. The van der Waals surface area contributed by atoms with Gasteiger partial charge in [-0.1, -0.05) is 0 Å². The average molecular weight is 372 g/mol. The molecule has 136 valence electrons. The highest BCUT2D eigenvalue weighted by Gasteiger charge is 2.35. The number of rotatable bonds is 5. The van der Waals surface area contributed by atoms with Gasteiger partial charge in [0.15, 0.2) is 0 Å². The summed E-state index contributed by atoms with van der Waals surface area (Å²) in [5.74, 6) is -0.174. The molecule has 0 aromatic carbocycles. The summed E-state index contributed by atoms with van der Waals surface area (Å²) in [5, 5.41) is 10.5. The minimum absolute atomic E-state index is 0.0931. The van der Waals surface area contributed by atoms with E-state index < -0.39 is 11.7 Å². The van der Waals surface area contributed by atoms with Gasteiger partial charge in [-0.25, -0.2) is 4.98 Å². The van der Waals surface area contributed by atoms with Gasteiger partial charge < -0.3 is 10.6 Å². The maximum atomic E-state index is 12.9. The molecule has 0 spiro atoms. The van der Waals surface area contributed by atoms with Crippen molar-refractivity contribution in [1.29, 1.82) is 0 Å². The summed E-state index contributed by atoms with van der Waals surface area (Å²) >= 11 is 1.86. The van der Waals surface area contributed by atoms with Crippen molar-refractivity contribution in [3.63, 3.8) is 0 Å². The first-order valence-electron chi connectivity index (χ1n) is 7.79. The summed E-state index contributed by atoms with van der Waals surface area (Å²) < 4.78 is 40.7. The molecule has 1 fully saturated rings. The summed E-state index contributed by atoms with van der Waals surface area (Å²) in [6, 6.07) is 0.370. The van der Waals surface area contributed by atoms with Crippen LogP contribution in [0, 0.1) is 6.92 Å². The number of hydrogen-bond acceptors (Lipinski definition) is 6. The molecule has 25 heavy (non-hydrogen) atoms. The zero-order valence-corrected chi connectivity index (χ0v) is 14.9. The fourth-order valence-electron chi connectivity index (χ4n) is 2.80. The van der Waals surface area contributed by atoms with Crippen molar-refractivity contribution in [2.24, 2.45) is 0 Å². The number of anilines is 3. The molecule has 1 saturated carbocycles. The second-order valence-electron chi connectivity index (χ2n) is 5.90. The lowest BCUT2D eigenvalue weighted by molar-refractivity contribution is -0.137. The second-order valence-corrected chi connectivity index (χ2v) is 7.04. The van der Waals surface area contributed by atoms with E-state index in [1.54, 1.807) is 6.20 Å². The minimum Gasteiger partial charge on any atom is -0.372 e. The molecule has 1 aliphatic carbocycles. The molecule has 10 heteroatoms. The predicted molar refractivity (Wildman–Crippen MR) is 92.4 cm³/mol. The van der Waals surface area contributed by atoms with Gasteiger partial charge in [0, 0.05) is 18.5 Å². The Balaban J connectivity index is 1.78. The van der Waals surface area contributed by atoms with E-state index in [4.69, 9.17) is 0 Å². The van der Waals surface area contributed by atoms with Crippen LogP contribution in [-0.4, -0.2) is 38.3 Å². The van der Waals surface area contributed by atoms with Gasteiger partial charge in [-0.15, -0.1) is 0 Å². The molecule has 1 aliphatic rings. The lowest BCUT2D eigenvalue weighted by Crippen LogP contribution is -2.29. The van der Waals surface area contributed by atoms with Gasteiger partial charge in [0.1, 0.15) is 11.4 Å². The number of nitrogens with zero attached hydrogens (tertiary/aromatic N) is 4. The minimum atomic E-state index is -4.50. The highest BCUT2D eigenvalue weighted by molar-refractivity contribution is 7.99. The SMILES string of the molecule is CNc1nc(Nc2cnn(C3CC(SC)C3)c2C)ncc1C(F)(F)F. The van der Waals surface area contributed by atoms with E-state index >= 15 is 0 Å². The van der Waals surface area contributed by atoms with Crippen LogP contribution in [0.1, 0.15) is 30.1 Å². The predicted octanol–water partition coefficient (Wildman–Crippen LogP) is 3.85. The van der Waals surface area contributed by atoms with E-state index in [-0.39, 0.29) is 11.8 Å². The average Bonchev–Trinajstić information content (AvgIpc) is 2.86. The summed E-state index contributed by atoms with van der Waals surface area (Å²) in [4.78, 5) is 7.70. The van der Waals surface area contributed by atoms with Crippen LogP contribution >= 0.6 is 11.8 Å². The molecule has 2 heterocycles. The van der Waals surface area contributed by atoms with E-state index in [9.17, 15) is 13.2 Å². The molecule has 0 atom stereocenters. The first-order valence-corrected chi connectivity index (χ1v) is 9.08. The number of hydrogen-bond donors (Lipinski definition) is 2. The molecule has 0 saturated heterocycles. The zero-order valence-electron chi connectivity index (χ0n) is 14.1. The quantitative estimate of drug-likeness (QED) is 0.831. The molecular formula is C15H19F3N6S. The third-order valence-electron chi connectivity index (χ3n) is 4.37. The third kappa shape index (κ3) is 3.53. The maximum Gasteiger partial charge on any atom is 0.421 e. The van der Waals surface area contributed by atoms with Crippen LogP contribution in [0.4, 0.5) is 30.6 Å². The maximum absolute atomic E-state index is 12.9. The highest BCUT2D eigenvalue weighted by Crippen LogP contribution is 2.40. The van der Waals surface area contributed by atoms with E-state index in [0.29, 0.717) is 17.0 Å². The summed E-state index contributed by atoms with van der Waals surface area (Å²) in [5.41, 5.74) is 0.707. The number of halogens is 3. The Morgan fingerprint density at radius 3 is 2.60 bits per heavy atom. The topological polar surface area (TPSA) is 67.7 Å². The van der Waals surface area contributed by atoms with Gasteiger partial charge in [-0.05, 0) is 26.0 Å². The largest absolute Gasteiger partial charge is 0.421 e. The van der Waals surface area contributed by atoms with E-state index in [1.165, 1.54) is 7.05 Å². The van der Waals surface area contributed by atoms with E-state index in [0.717, 1.165) is 24.7 Å². The molecule has 0 radical (unpaired) electrons. The van der Waals surface area contributed by atoms with E-state index in [2.05, 4.69) is 32.0 Å². The lowest BCUT2D eigenvalue weighted by Gasteiger charge is -2.34. The van der Waals surface area contributed by atoms with Gasteiger partial charge in [-0.3, -0.25) is 4.68 Å². The Hall–Kier alpha value is -1.97. The van der Waals surface area contributed by atoms with Gasteiger partial charge in [0.25, 0.3) is 0 Å². The first-order chi connectivity index (χ1) is 11.8. The molecule has 0 unspecified atom stereocenters. The molecule has 3 rings (SSSR count). The van der Waals surface area contributed by atoms with Crippen molar-refractivity contribution in [3.8, 4) is 0 Å². The van der Waals surface area contributed by atoms with Crippen LogP contribution in [0.15, 0.2) is 12.4 Å². The van der Waals surface area contributed by atoms with E-state index in [1.807, 2.05) is 23.4 Å². The number of thioether (sulfide) groups is 1. The van der Waals surface area contributed by atoms with Crippen LogP contribution in [0.3, 0.4) is 0 Å². The van der Waals surface area contributed by atoms with Crippen molar-refractivity contribution >= 4 is 29.2 Å². The fraction of sp³-hybridized carbons (Fsp3) is 0.533. The summed E-state index contributed by atoms with van der Waals surface area (Å²) in [6.45, 7) is 1.92. The Labute approximate surface area is 147 Å². The third-order valence-corrected chi connectivity index (χ3v) is 5.42. The van der Waals surface area contributed by atoms with Crippen molar-refractivity contribution in [2.45, 2.75) is 37.2 Å². The van der Waals surface area contributed by atoms with Gasteiger partial charge >= 0.3 is 6.18 Å². The summed E-state index contributed by atoms with van der Waals surface area (Å²) in [7, 11) is 1.39. The van der Waals surface area contributed by atoms with Gasteiger partial charge in [-0.2, -0.15) is 35.0 Å². The van der Waals surface area contributed by atoms with Gasteiger partial charge in [0.2, 0.25) is 5.95 Å². The Kier molecular flexibility index (Phi) is 4.81. The molecule has 0 aliphatic heterocycles. The number of alkyl halides is 3. The standard InChI is InChI=1S/C15H19F3N6S/c1-8-12(7-21-24(8)9-4-10(5-9)25-3)22-14-20-6-11(15(16,17)18)13(19-2)23-14/h6-7,9-10H,4-5H2,1-3H3,(H2,19,20,22,23). The molecule has 0 amide bonds. The van der Waals surface area contributed by atoms with Crippen molar-refractivity contribution in [2.75, 3.05) is 23.9 Å². The summed E-state index contributed by atoms with van der Waals surface area (Å²) in [6.07, 6.45) is 2.17. The molecule has 0 bridgehead atoms. The lowest BCUT2D eigenvalue weighted by atomic mass is 9.92. The first kappa shape index (κ1) is 17.8. The molecule has 6 nitrogen and oxygen atoms in total. The van der Waals surface area contributed by atoms with Crippen LogP contribution in [-0.2, 0) is 6.18 Å². The smallest absolute Gasteiger partial charge is 0.372 e. The molecule has 2 aromatic heterocycles. The van der Waals surface area contributed by atoms with Crippen LogP contribution in [0.25, 0.3) is 0 Å². The second kappa shape index (κ2) is 6.74. The number of aromatic nitrogens is 4. The van der Waals surface area contributed by atoms with Crippen molar-refractivity contribution in [3.05, 3.63) is 23.7 Å². The van der Waals surface area contributed by atoms with Crippen LogP contribution in [0.5, 0.6) is 0 Å².